The summed E-state index contributed by atoms with van der Waals surface area (Å²) in [4.78, 5) is 27.2. The number of para-hydroxylation sites is 1. The number of carbonyl (C=O) groups excluding carboxylic acids is 1. The van der Waals surface area contributed by atoms with Crippen molar-refractivity contribution in [3.05, 3.63) is 69.5 Å². The number of carbonyl (C=O) groups is 1. The molecule has 0 atom stereocenters. The number of anilines is 1. The van der Waals surface area contributed by atoms with Gasteiger partial charge in [0.2, 0.25) is 0 Å². The molecule has 1 amide bonds. The van der Waals surface area contributed by atoms with Crippen molar-refractivity contribution in [2.75, 3.05) is 44.2 Å². The van der Waals surface area contributed by atoms with Crippen molar-refractivity contribution < 1.29 is 14.1 Å². The molecular formula is C21H25FN4O3. The molecule has 1 heterocycles. The third-order valence-corrected chi connectivity index (χ3v) is 5.21. The van der Waals surface area contributed by atoms with Crippen LogP contribution in [0.15, 0.2) is 42.5 Å². The molecule has 7 nitrogen and oxygen atoms in total. The SMILES string of the molecule is Cc1c(F)cc(C(=O)NCCCN2CCN(c3ccccc3)CC2)cc1[N+](=O)[O-]. The quantitative estimate of drug-likeness (QED) is 0.439. The summed E-state index contributed by atoms with van der Waals surface area (Å²) < 4.78 is 13.9. The van der Waals surface area contributed by atoms with Gasteiger partial charge in [-0.15, -0.1) is 0 Å². The lowest BCUT2D eigenvalue weighted by Crippen LogP contribution is -2.47. The first-order valence-corrected chi connectivity index (χ1v) is 9.71. The number of piperazine rings is 1. The number of halogens is 1. The first-order chi connectivity index (χ1) is 14.0. The fourth-order valence-corrected chi connectivity index (χ4v) is 3.46. The minimum Gasteiger partial charge on any atom is -0.369 e. The Hall–Kier alpha value is -3.00. The van der Waals surface area contributed by atoms with E-state index in [-0.39, 0.29) is 16.8 Å². The van der Waals surface area contributed by atoms with Crippen molar-refractivity contribution in [1.82, 2.24) is 10.2 Å². The van der Waals surface area contributed by atoms with E-state index >= 15 is 0 Å². The van der Waals surface area contributed by atoms with Crippen molar-refractivity contribution in [1.29, 1.82) is 0 Å². The smallest absolute Gasteiger partial charge is 0.276 e. The van der Waals surface area contributed by atoms with Crippen LogP contribution in [0.25, 0.3) is 0 Å². The fourth-order valence-electron chi connectivity index (χ4n) is 3.46. The molecule has 0 radical (unpaired) electrons. The average molecular weight is 400 g/mol. The highest BCUT2D eigenvalue weighted by molar-refractivity contribution is 5.95. The minimum atomic E-state index is -0.749. The zero-order valence-corrected chi connectivity index (χ0v) is 16.4. The van der Waals surface area contributed by atoms with Gasteiger partial charge < -0.3 is 10.2 Å². The van der Waals surface area contributed by atoms with Gasteiger partial charge in [0.1, 0.15) is 5.82 Å². The Labute approximate surface area is 169 Å². The molecule has 0 bridgehead atoms. The number of nitro groups is 1. The van der Waals surface area contributed by atoms with Gasteiger partial charge in [-0.05, 0) is 38.1 Å². The van der Waals surface area contributed by atoms with Gasteiger partial charge >= 0.3 is 0 Å². The van der Waals surface area contributed by atoms with Gasteiger partial charge in [-0.3, -0.25) is 19.8 Å². The predicted molar refractivity (Wildman–Crippen MR) is 110 cm³/mol. The third kappa shape index (κ3) is 5.29. The average Bonchev–Trinajstić information content (AvgIpc) is 2.73. The maximum Gasteiger partial charge on any atom is 0.276 e. The second-order valence-corrected chi connectivity index (χ2v) is 7.13. The van der Waals surface area contributed by atoms with Crippen LogP contribution < -0.4 is 10.2 Å². The van der Waals surface area contributed by atoms with E-state index in [1.54, 1.807) is 0 Å². The number of nitrogens with zero attached hydrogens (tertiary/aromatic N) is 3. The fraction of sp³-hybridized carbons (Fsp3) is 0.381. The Kier molecular flexibility index (Phi) is 6.77. The van der Waals surface area contributed by atoms with E-state index in [2.05, 4.69) is 27.2 Å². The van der Waals surface area contributed by atoms with Crippen molar-refractivity contribution in [2.24, 2.45) is 0 Å². The maximum absolute atomic E-state index is 13.9. The highest BCUT2D eigenvalue weighted by atomic mass is 19.1. The van der Waals surface area contributed by atoms with Crippen molar-refractivity contribution in [3.63, 3.8) is 0 Å². The molecule has 0 unspecified atom stereocenters. The number of benzene rings is 2. The Balaban J connectivity index is 1.42. The summed E-state index contributed by atoms with van der Waals surface area (Å²) in [5.41, 5.74) is 0.753. The van der Waals surface area contributed by atoms with Gasteiger partial charge in [0, 0.05) is 50.0 Å². The number of nitro benzene ring substituents is 1. The van der Waals surface area contributed by atoms with Crippen LogP contribution in [0.1, 0.15) is 22.3 Å². The van der Waals surface area contributed by atoms with Gasteiger partial charge in [-0.1, -0.05) is 18.2 Å². The Morgan fingerprint density at radius 3 is 2.52 bits per heavy atom. The molecule has 0 saturated carbocycles. The van der Waals surface area contributed by atoms with Crippen LogP contribution in [-0.4, -0.2) is 55.0 Å². The summed E-state index contributed by atoms with van der Waals surface area (Å²) >= 11 is 0. The van der Waals surface area contributed by atoms with Crippen LogP contribution in [-0.2, 0) is 0 Å². The largest absolute Gasteiger partial charge is 0.369 e. The summed E-state index contributed by atoms with van der Waals surface area (Å²) in [6.45, 7) is 6.45. The van der Waals surface area contributed by atoms with Crippen LogP contribution in [0.2, 0.25) is 0 Å². The van der Waals surface area contributed by atoms with E-state index in [4.69, 9.17) is 0 Å². The zero-order valence-electron chi connectivity index (χ0n) is 16.4. The highest BCUT2D eigenvalue weighted by Crippen LogP contribution is 2.22. The molecule has 154 valence electrons. The summed E-state index contributed by atoms with van der Waals surface area (Å²) in [5, 5.41) is 13.7. The highest BCUT2D eigenvalue weighted by Gasteiger charge is 2.20. The predicted octanol–water partition coefficient (Wildman–Crippen LogP) is 2.98. The second kappa shape index (κ2) is 9.47. The molecule has 2 aromatic rings. The number of rotatable bonds is 7. The molecular weight excluding hydrogens is 375 g/mol. The summed E-state index contributed by atoms with van der Waals surface area (Å²) in [6, 6.07) is 12.5. The molecule has 2 aromatic carbocycles. The van der Waals surface area contributed by atoms with Crippen LogP contribution in [0.3, 0.4) is 0 Å². The van der Waals surface area contributed by atoms with Crippen LogP contribution in [0, 0.1) is 22.9 Å². The van der Waals surface area contributed by atoms with E-state index in [9.17, 15) is 19.3 Å². The summed E-state index contributed by atoms with van der Waals surface area (Å²) in [7, 11) is 0. The Morgan fingerprint density at radius 1 is 1.17 bits per heavy atom. The zero-order chi connectivity index (χ0) is 20.8. The lowest BCUT2D eigenvalue weighted by molar-refractivity contribution is -0.385. The number of hydrogen-bond donors (Lipinski definition) is 1. The Morgan fingerprint density at radius 2 is 1.86 bits per heavy atom. The van der Waals surface area contributed by atoms with Gasteiger partial charge in [0.25, 0.3) is 11.6 Å². The monoisotopic (exact) mass is 400 g/mol. The van der Waals surface area contributed by atoms with Gasteiger partial charge in [0.05, 0.1) is 10.5 Å². The van der Waals surface area contributed by atoms with Crippen molar-refractivity contribution in [2.45, 2.75) is 13.3 Å². The second-order valence-electron chi connectivity index (χ2n) is 7.13. The lowest BCUT2D eigenvalue weighted by Gasteiger charge is -2.36. The van der Waals surface area contributed by atoms with E-state index in [0.29, 0.717) is 6.54 Å². The van der Waals surface area contributed by atoms with E-state index in [1.165, 1.54) is 12.6 Å². The number of amides is 1. The third-order valence-electron chi connectivity index (χ3n) is 5.21. The van der Waals surface area contributed by atoms with Crippen molar-refractivity contribution >= 4 is 17.3 Å². The molecule has 8 heteroatoms. The minimum absolute atomic E-state index is 0.0312. The van der Waals surface area contributed by atoms with Crippen LogP contribution in [0.4, 0.5) is 15.8 Å². The molecule has 1 aliphatic rings. The van der Waals surface area contributed by atoms with Crippen LogP contribution in [0.5, 0.6) is 0 Å². The molecule has 0 spiro atoms. The molecule has 1 fully saturated rings. The van der Waals surface area contributed by atoms with Crippen LogP contribution >= 0.6 is 0 Å². The van der Waals surface area contributed by atoms with Gasteiger partial charge in [-0.2, -0.15) is 0 Å². The molecule has 1 aliphatic heterocycles. The van der Waals surface area contributed by atoms with Crippen molar-refractivity contribution in [3.8, 4) is 0 Å². The number of hydrogen-bond acceptors (Lipinski definition) is 5. The van der Waals surface area contributed by atoms with E-state index in [0.717, 1.165) is 51.3 Å². The lowest BCUT2D eigenvalue weighted by atomic mass is 10.1. The van der Waals surface area contributed by atoms with E-state index < -0.39 is 16.6 Å². The molecule has 3 rings (SSSR count). The first-order valence-electron chi connectivity index (χ1n) is 9.71. The van der Waals surface area contributed by atoms with Gasteiger partial charge in [0.15, 0.2) is 0 Å². The van der Waals surface area contributed by atoms with E-state index in [1.807, 2.05) is 18.2 Å². The Bertz CT molecular complexity index is 868. The molecule has 29 heavy (non-hydrogen) atoms. The first kappa shape index (κ1) is 20.7. The molecule has 0 aromatic heterocycles. The molecule has 1 saturated heterocycles. The topological polar surface area (TPSA) is 78.7 Å². The van der Waals surface area contributed by atoms with Gasteiger partial charge in [-0.25, -0.2) is 4.39 Å². The summed E-state index contributed by atoms with van der Waals surface area (Å²) in [5.74, 6) is -1.25. The molecule has 0 aliphatic carbocycles. The standard InChI is InChI=1S/C21H25FN4O3/c1-16-19(22)14-17(15-20(16)26(28)29)21(27)23-8-5-9-24-10-12-25(13-11-24)18-6-3-2-4-7-18/h2-4,6-7,14-15H,5,8-13H2,1H3,(H,23,27). The maximum atomic E-state index is 13.9. The molecule has 1 N–H and O–H groups in total. The normalized spacial score (nSPS) is 14.6. The number of nitrogens with one attached hydrogen (secondary N) is 1. The summed E-state index contributed by atoms with van der Waals surface area (Å²) in [6.07, 6.45) is 0.757.